The average Bonchev–Trinajstić information content (AvgIpc) is 2.18. The van der Waals surface area contributed by atoms with Crippen LogP contribution in [-0.2, 0) is 14.3 Å². The molecule has 3 nitrogen and oxygen atoms in total. The van der Waals surface area contributed by atoms with E-state index in [0.29, 0.717) is 6.42 Å². The number of hydrogen-bond acceptors (Lipinski definition) is 3. The van der Waals surface area contributed by atoms with Crippen molar-refractivity contribution in [3.63, 3.8) is 0 Å². The van der Waals surface area contributed by atoms with Crippen LogP contribution in [0.2, 0.25) is 0 Å². The Hall–Kier alpha value is -0.860. The average molecular weight is 198 g/mol. The lowest BCUT2D eigenvalue weighted by molar-refractivity contribution is -0.153. The van der Waals surface area contributed by atoms with Crippen LogP contribution in [-0.4, -0.2) is 18.9 Å². The Morgan fingerprint density at radius 1 is 1.57 bits per heavy atom. The topological polar surface area (TPSA) is 43.4 Å². The summed E-state index contributed by atoms with van der Waals surface area (Å²) in [6.07, 6.45) is 4.42. The normalized spacial score (nSPS) is 27.4. The lowest BCUT2D eigenvalue weighted by Gasteiger charge is -2.27. The third kappa shape index (κ3) is 2.34. The van der Waals surface area contributed by atoms with Crippen LogP contribution >= 0.6 is 0 Å². The smallest absolute Gasteiger partial charge is 0.316 e. The van der Waals surface area contributed by atoms with Crippen LogP contribution < -0.4 is 0 Å². The van der Waals surface area contributed by atoms with Gasteiger partial charge in [0.05, 0.1) is 7.11 Å². The molecule has 14 heavy (non-hydrogen) atoms. The Balaban J connectivity index is 2.70. The van der Waals surface area contributed by atoms with Gasteiger partial charge in [-0.1, -0.05) is 13.3 Å². The van der Waals surface area contributed by atoms with Crippen LogP contribution in [0.15, 0.2) is 0 Å². The van der Waals surface area contributed by atoms with Crippen LogP contribution in [0.3, 0.4) is 0 Å². The molecule has 0 aromatic rings. The monoisotopic (exact) mass is 198 g/mol. The summed E-state index contributed by atoms with van der Waals surface area (Å²) in [5, 5.41) is 0. The van der Waals surface area contributed by atoms with Crippen molar-refractivity contribution >= 4 is 11.8 Å². The lowest BCUT2D eigenvalue weighted by atomic mass is 9.76. The molecule has 0 unspecified atom stereocenters. The Kier molecular flexibility index (Phi) is 4.11. The Bertz CT molecular complexity index is 213. The molecule has 0 spiro atoms. The maximum Gasteiger partial charge on any atom is 0.316 e. The van der Waals surface area contributed by atoms with E-state index < -0.39 is 5.92 Å². The van der Waals surface area contributed by atoms with E-state index in [9.17, 15) is 9.59 Å². The number of ketones is 1. The van der Waals surface area contributed by atoms with Gasteiger partial charge in [-0.15, -0.1) is 0 Å². The van der Waals surface area contributed by atoms with Crippen molar-refractivity contribution in [3.05, 3.63) is 0 Å². The van der Waals surface area contributed by atoms with Gasteiger partial charge < -0.3 is 4.74 Å². The van der Waals surface area contributed by atoms with Crippen LogP contribution in [0.25, 0.3) is 0 Å². The van der Waals surface area contributed by atoms with Gasteiger partial charge in [-0.3, -0.25) is 9.59 Å². The summed E-state index contributed by atoms with van der Waals surface area (Å²) in [6, 6.07) is 0. The van der Waals surface area contributed by atoms with Crippen molar-refractivity contribution in [2.75, 3.05) is 7.11 Å². The molecule has 0 bridgehead atoms. The maximum absolute atomic E-state index is 11.6. The van der Waals surface area contributed by atoms with Gasteiger partial charge in [0.25, 0.3) is 0 Å². The number of Topliss-reactive ketones (excluding diaryl/α,β-unsaturated/α-hetero) is 1. The molecule has 80 valence electrons. The molecule has 1 rings (SSSR count). The van der Waals surface area contributed by atoms with E-state index in [1.165, 1.54) is 7.11 Å². The molecule has 0 N–H and O–H groups in total. The highest BCUT2D eigenvalue weighted by Crippen LogP contribution is 2.31. The molecule has 1 fully saturated rings. The molecule has 0 aliphatic heterocycles. The highest BCUT2D eigenvalue weighted by atomic mass is 16.5. The van der Waals surface area contributed by atoms with Crippen LogP contribution in [0, 0.1) is 11.8 Å². The minimum Gasteiger partial charge on any atom is -0.468 e. The molecule has 0 radical (unpaired) electrons. The van der Waals surface area contributed by atoms with Crippen molar-refractivity contribution in [2.45, 2.75) is 39.0 Å². The summed E-state index contributed by atoms with van der Waals surface area (Å²) in [4.78, 5) is 23.0. The van der Waals surface area contributed by atoms with Gasteiger partial charge in [0.2, 0.25) is 0 Å². The van der Waals surface area contributed by atoms with E-state index in [4.69, 9.17) is 0 Å². The molecule has 0 saturated heterocycles. The highest BCUT2D eigenvalue weighted by molar-refractivity contribution is 5.99. The minimum absolute atomic E-state index is 0.0709. The first kappa shape index (κ1) is 11.2. The number of hydrogen-bond donors (Lipinski definition) is 0. The summed E-state index contributed by atoms with van der Waals surface area (Å²) < 4.78 is 4.68. The summed E-state index contributed by atoms with van der Waals surface area (Å²) in [5.41, 5.74) is 0. The van der Waals surface area contributed by atoms with E-state index in [-0.39, 0.29) is 17.7 Å². The molecule has 0 aromatic carbocycles. The van der Waals surface area contributed by atoms with Crippen LogP contribution in [0.4, 0.5) is 0 Å². The fourth-order valence-corrected chi connectivity index (χ4v) is 2.26. The second kappa shape index (κ2) is 5.13. The SMILES string of the molecule is CCC[C@H]1CCCC(=O)[C@@H]1C(=O)OC. The number of ether oxygens (including phenoxy) is 1. The zero-order valence-corrected chi connectivity index (χ0v) is 8.91. The third-order valence-corrected chi connectivity index (χ3v) is 2.93. The summed E-state index contributed by atoms with van der Waals surface area (Å²) in [6.45, 7) is 2.08. The van der Waals surface area contributed by atoms with Gasteiger partial charge in [0.15, 0.2) is 0 Å². The van der Waals surface area contributed by atoms with Gasteiger partial charge in [-0.05, 0) is 25.2 Å². The van der Waals surface area contributed by atoms with E-state index >= 15 is 0 Å². The fraction of sp³-hybridized carbons (Fsp3) is 0.818. The molecule has 0 aromatic heterocycles. The molecule has 0 amide bonds. The Labute approximate surface area is 84.8 Å². The summed E-state index contributed by atoms with van der Waals surface area (Å²) in [5.74, 6) is -0.530. The predicted molar refractivity (Wildman–Crippen MR) is 52.8 cm³/mol. The van der Waals surface area contributed by atoms with Crippen LogP contribution in [0.1, 0.15) is 39.0 Å². The van der Waals surface area contributed by atoms with Crippen molar-refractivity contribution in [1.29, 1.82) is 0 Å². The second-order valence-corrected chi connectivity index (χ2v) is 3.91. The lowest BCUT2D eigenvalue weighted by Crippen LogP contribution is -2.35. The van der Waals surface area contributed by atoms with Gasteiger partial charge in [0.1, 0.15) is 11.7 Å². The van der Waals surface area contributed by atoms with Gasteiger partial charge >= 0.3 is 5.97 Å². The molecule has 1 saturated carbocycles. The van der Waals surface area contributed by atoms with Gasteiger partial charge in [-0.25, -0.2) is 0 Å². The Morgan fingerprint density at radius 3 is 2.86 bits per heavy atom. The highest BCUT2D eigenvalue weighted by Gasteiger charge is 2.37. The molecule has 0 heterocycles. The summed E-state index contributed by atoms with van der Waals surface area (Å²) in [7, 11) is 1.35. The van der Waals surface area contributed by atoms with E-state index in [1.807, 2.05) is 0 Å². The second-order valence-electron chi connectivity index (χ2n) is 3.91. The maximum atomic E-state index is 11.6. The Morgan fingerprint density at radius 2 is 2.29 bits per heavy atom. The van der Waals surface area contributed by atoms with Crippen molar-refractivity contribution in [1.82, 2.24) is 0 Å². The van der Waals surface area contributed by atoms with Crippen molar-refractivity contribution in [3.8, 4) is 0 Å². The van der Waals surface area contributed by atoms with E-state index in [1.54, 1.807) is 0 Å². The van der Waals surface area contributed by atoms with Gasteiger partial charge in [-0.2, -0.15) is 0 Å². The predicted octanol–water partition coefficient (Wildman–Crippen LogP) is 1.94. The third-order valence-electron chi connectivity index (χ3n) is 2.93. The van der Waals surface area contributed by atoms with Crippen molar-refractivity contribution < 1.29 is 14.3 Å². The zero-order valence-electron chi connectivity index (χ0n) is 8.91. The first-order chi connectivity index (χ1) is 6.70. The fourth-order valence-electron chi connectivity index (χ4n) is 2.26. The number of carbonyl (C=O) groups is 2. The minimum atomic E-state index is -0.478. The number of carbonyl (C=O) groups excluding carboxylic acids is 2. The van der Waals surface area contributed by atoms with E-state index in [2.05, 4.69) is 11.7 Å². The molecule has 2 atom stereocenters. The molecular weight excluding hydrogens is 180 g/mol. The number of esters is 1. The zero-order chi connectivity index (χ0) is 10.6. The van der Waals surface area contributed by atoms with Crippen LogP contribution in [0.5, 0.6) is 0 Å². The largest absolute Gasteiger partial charge is 0.468 e. The van der Waals surface area contributed by atoms with Crippen molar-refractivity contribution in [2.24, 2.45) is 11.8 Å². The molecular formula is C11H18O3. The quantitative estimate of drug-likeness (QED) is 0.514. The van der Waals surface area contributed by atoms with E-state index in [0.717, 1.165) is 25.7 Å². The molecule has 1 aliphatic rings. The number of methoxy groups -OCH3 is 1. The van der Waals surface area contributed by atoms with Gasteiger partial charge in [0, 0.05) is 6.42 Å². The summed E-state index contributed by atoms with van der Waals surface area (Å²) >= 11 is 0. The molecule has 3 heteroatoms. The first-order valence-corrected chi connectivity index (χ1v) is 5.31. The number of rotatable bonds is 3. The molecule has 1 aliphatic carbocycles. The standard InChI is InChI=1S/C11H18O3/c1-3-5-8-6-4-7-9(12)10(8)11(13)14-2/h8,10H,3-7H2,1-2H3/t8-,10+/m0/s1. The first-order valence-electron chi connectivity index (χ1n) is 5.31.